The topological polar surface area (TPSA) is 215 Å². The van der Waals surface area contributed by atoms with E-state index in [0.717, 1.165) is 59.1 Å². The molecule has 0 radical (unpaired) electrons. The summed E-state index contributed by atoms with van der Waals surface area (Å²) >= 11 is 12.5. The van der Waals surface area contributed by atoms with Gasteiger partial charge in [0.2, 0.25) is 5.91 Å². The first-order valence-corrected chi connectivity index (χ1v) is 30.7. The van der Waals surface area contributed by atoms with E-state index in [0.29, 0.717) is 63.1 Å². The van der Waals surface area contributed by atoms with Crippen LogP contribution in [0.1, 0.15) is 107 Å². The normalized spacial score (nSPS) is 17.6. The molecule has 3 amide bonds. The number of anilines is 2. The SMILES string of the molecule is CCN(c1cc(-c2ccc(OCCOCCOCCOCCNC(=O)c3ccc(NC(=O)[C@@H]4NC(CC(C)(C)C)[C@](C#N)(c5ccc(Cl)cc5F)[C@@H]4c4cccc(Cl)c4F)c(OC)c3)cc2)cc(C(=O)NCc2c(C)cc(C)[nH]c2=O)c1C)C1CCOCC1. The Morgan fingerprint density at radius 3 is 2.18 bits per heavy atom. The molecule has 0 bridgehead atoms. The number of nitriles is 1. The highest BCUT2D eigenvalue weighted by Crippen LogP contribution is 2.53. The van der Waals surface area contributed by atoms with Crippen molar-refractivity contribution in [1.82, 2.24) is 20.9 Å². The predicted molar refractivity (Wildman–Crippen MR) is 341 cm³/mol. The Morgan fingerprint density at radius 1 is 0.831 bits per heavy atom. The third kappa shape index (κ3) is 16.5. The van der Waals surface area contributed by atoms with E-state index in [2.05, 4.69) is 50.2 Å². The Balaban J connectivity index is 0.773. The molecule has 5 aromatic carbocycles. The molecule has 0 spiro atoms. The van der Waals surface area contributed by atoms with Gasteiger partial charge in [0.1, 0.15) is 35.2 Å². The summed E-state index contributed by atoms with van der Waals surface area (Å²) in [5, 5.41) is 23.1. The average molecular weight is 1260 g/mol. The van der Waals surface area contributed by atoms with Gasteiger partial charge in [-0.3, -0.25) is 19.2 Å². The molecule has 0 saturated carbocycles. The van der Waals surface area contributed by atoms with Gasteiger partial charge in [-0.2, -0.15) is 5.26 Å². The van der Waals surface area contributed by atoms with Crippen LogP contribution in [0.2, 0.25) is 10.0 Å². The van der Waals surface area contributed by atoms with Crippen LogP contribution in [0.25, 0.3) is 11.1 Å². The summed E-state index contributed by atoms with van der Waals surface area (Å²) in [4.78, 5) is 59.8. The maximum absolute atomic E-state index is 16.2. The number of aryl methyl sites for hydroxylation is 2. The summed E-state index contributed by atoms with van der Waals surface area (Å²) < 4.78 is 66.7. The van der Waals surface area contributed by atoms with E-state index >= 15 is 8.78 Å². The second-order valence-electron chi connectivity index (χ2n) is 23.5. The number of rotatable bonds is 27. The molecule has 474 valence electrons. The Kier molecular flexibility index (Phi) is 23.4. The van der Waals surface area contributed by atoms with Crippen LogP contribution >= 0.6 is 23.2 Å². The number of methoxy groups -OCH3 is 1. The first kappa shape index (κ1) is 67.5. The molecular formula is C68H79Cl2F2N7O10. The molecule has 4 atom stereocenters. The molecule has 89 heavy (non-hydrogen) atoms. The van der Waals surface area contributed by atoms with Crippen LogP contribution in [-0.2, 0) is 35.7 Å². The summed E-state index contributed by atoms with van der Waals surface area (Å²) in [5.41, 5.74) is 4.14. The van der Waals surface area contributed by atoms with Crippen LogP contribution in [0.4, 0.5) is 20.2 Å². The number of nitrogens with one attached hydrogen (secondary N) is 5. The van der Waals surface area contributed by atoms with Crippen LogP contribution in [-0.4, -0.2) is 120 Å². The number of halogens is 4. The number of amides is 3. The summed E-state index contributed by atoms with van der Waals surface area (Å²) in [5.74, 6) is -3.45. The predicted octanol–water partition coefficient (Wildman–Crippen LogP) is 11.3. The number of ether oxygens (including phenoxy) is 6. The van der Waals surface area contributed by atoms with E-state index in [1.165, 1.54) is 55.6 Å². The molecule has 2 aliphatic heterocycles. The molecule has 1 aromatic heterocycles. The summed E-state index contributed by atoms with van der Waals surface area (Å²) in [6, 6.07) is 26.9. The highest BCUT2D eigenvalue weighted by Gasteiger charge is 2.61. The van der Waals surface area contributed by atoms with Crippen LogP contribution in [0.5, 0.6) is 11.5 Å². The number of carbonyl (C=O) groups is 3. The lowest BCUT2D eigenvalue weighted by Crippen LogP contribution is -2.45. The van der Waals surface area contributed by atoms with Crippen molar-refractivity contribution < 1.29 is 51.6 Å². The molecule has 8 rings (SSSR count). The number of hydrogen-bond donors (Lipinski definition) is 5. The minimum absolute atomic E-state index is 0.0493. The van der Waals surface area contributed by atoms with Crippen molar-refractivity contribution in [1.29, 1.82) is 5.26 Å². The quantitative estimate of drug-likeness (QED) is 0.0304. The Hall–Kier alpha value is -7.41. The second kappa shape index (κ2) is 30.9. The van der Waals surface area contributed by atoms with Gasteiger partial charge in [0.15, 0.2) is 0 Å². The number of pyridine rings is 1. The van der Waals surface area contributed by atoms with Gasteiger partial charge < -0.3 is 59.6 Å². The molecule has 2 aliphatic rings. The second-order valence-corrected chi connectivity index (χ2v) is 24.3. The Morgan fingerprint density at radius 2 is 1.53 bits per heavy atom. The van der Waals surface area contributed by atoms with E-state index in [1.807, 2.05) is 77.9 Å². The largest absolute Gasteiger partial charge is 0.495 e. The van der Waals surface area contributed by atoms with Crippen molar-refractivity contribution in [2.75, 3.05) is 89.9 Å². The standard InChI is InChI=1S/C68H79Cl2F2N7O10/c1-9-79(48-21-24-85-25-22-48)57-35-46(34-51(43(57)4)64(81)75-39-52-41(2)33-42(3)76-65(52)82)44-13-17-49(18-14-44)89-32-31-88-30-29-87-28-27-86-26-23-74-63(80)45-15-20-56(58(36-45)84-8)77-66(83)62-60(50-11-10-12-54(70)61(50)72)68(40-73,59(78-62)38-67(5,6)7)53-19-16-47(69)37-55(53)71/h10-20,33-37,48,59-60,62,78H,9,21-32,38-39H2,1-8H3,(H,74,80)(H,75,81)(H,76,82)(H,77,83)/t59?,60-,62-,68+/m1/s1. The lowest BCUT2D eigenvalue weighted by molar-refractivity contribution is -0.118. The van der Waals surface area contributed by atoms with Crippen molar-refractivity contribution in [2.45, 2.75) is 104 Å². The van der Waals surface area contributed by atoms with E-state index in [-0.39, 0.29) is 88.4 Å². The van der Waals surface area contributed by atoms with Crippen molar-refractivity contribution >= 4 is 52.3 Å². The lowest BCUT2D eigenvalue weighted by atomic mass is 9.62. The van der Waals surface area contributed by atoms with E-state index in [4.69, 9.17) is 51.6 Å². The maximum Gasteiger partial charge on any atom is 0.253 e. The van der Waals surface area contributed by atoms with Crippen molar-refractivity contribution in [2.24, 2.45) is 5.41 Å². The van der Waals surface area contributed by atoms with Crippen LogP contribution in [0, 0.1) is 49.2 Å². The molecule has 2 fully saturated rings. The van der Waals surface area contributed by atoms with Gasteiger partial charge in [0, 0.05) is 89.5 Å². The Bertz CT molecular complexity index is 3570. The summed E-state index contributed by atoms with van der Waals surface area (Å²) in [7, 11) is 1.38. The third-order valence-electron chi connectivity index (χ3n) is 16.2. The summed E-state index contributed by atoms with van der Waals surface area (Å²) in [6.45, 7) is 18.2. The van der Waals surface area contributed by atoms with Gasteiger partial charge in [0.05, 0.1) is 69.6 Å². The number of aromatic amines is 1. The number of H-pyrrole nitrogens is 1. The van der Waals surface area contributed by atoms with E-state index in [9.17, 15) is 24.4 Å². The number of carbonyl (C=O) groups excluding carboxylic acids is 3. The van der Waals surface area contributed by atoms with E-state index in [1.54, 1.807) is 0 Å². The van der Waals surface area contributed by atoms with Gasteiger partial charge in [-0.15, -0.1) is 0 Å². The van der Waals surface area contributed by atoms with Crippen LogP contribution in [0.15, 0.2) is 102 Å². The van der Waals surface area contributed by atoms with Crippen LogP contribution < -0.4 is 41.2 Å². The lowest BCUT2D eigenvalue weighted by Gasteiger charge is -2.37. The highest BCUT2D eigenvalue weighted by molar-refractivity contribution is 6.31. The van der Waals surface area contributed by atoms with Gasteiger partial charge in [0.25, 0.3) is 17.4 Å². The molecule has 3 heterocycles. The molecule has 21 heteroatoms. The zero-order valence-electron chi connectivity index (χ0n) is 51.6. The average Bonchev–Trinajstić information content (AvgIpc) is 1.60. The molecule has 0 aliphatic carbocycles. The fraction of sp³-hybridized carbons (Fsp3) is 0.426. The maximum atomic E-state index is 16.2. The fourth-order valence-electron chi connectivity index (χ4n) is 11.9. The summed E-state index contributed by atoms with van der Waals surface area (Å²) in [6.07, 6.45) is 2.07. The third-order valence-corrected chi connectivity index (χ3v) is 16.8. The highest BCUT2D eigenvalue weighted by atomic mass is 35.5. The number of hydrogen-bond acceptors (Lipinski definition) is 13. The van der Waals surface area contributed by atoms with Crippen molar-refractivity contribution in [3.8, 4) is 28.7 Å². The number of aromatic nitrogens is 1. The first-order valence-electron chi connectivity index (χ1n) is 29.9. The molecule has 5 N–H and O–H groups in total. The van der Waals surface area contributed by atoms with Gasteiger partial charge in [-0.25, -0.2) is 8.78 Å². The minimum Gasteiger partial charge on any atom is -0.495 e. The fourth-order valence-corrected chi connectivity index (χ4v) is 12.3. The van der Waals surface area contributed by atoms with Crippen LogP contribution in [0.3, 0.4) is 0 Å². The van der Waals surface area contributed by atoms with E-state index < -0.39 is 52.3 Å². The molecule has 6 aromatic rings. The molecule has 17 nitrogen and oxygen atoms in total. The first-order chi connectivity index (χ1) is 42.7. The molecule has 2 saturated heterocycles. The minimum atomic E-state index is -1.82. The van der Waals surface area contributed by atoms with Crippen molar-refractivity contribution in [3.63, 3.8) is 0 Å². The van der Waals surface area contributed by atoms with Gasteiger partial charge in [-0.05, 0) is 147 Å². The monoisotopic (exact) mass is 1260 g/mol. The molecule has 1 unspecified atom stereocenters. The Labute approximate surface area is 529 Å². The number of benzene rings is 5. The zero-order chi connectivity index (χ0) is 64.0. The number of nitrogens with zero attached hydrogens (tertiary/aromatic N) is 2. The zero-order valence-corrected chi connectivity index (χ0v) is 53.2. The van der Waals surface area contributed by atoms with Gasteiger partial charge in [-0.1, -0.05) is 74.3 Å². The van der Waals surface area contributed by atoms with Crippen molar-refractivity contribution in [3.05, 3.63) is 174 Å². The van der Waals surface area contributed by atoms with Gasteiger partial charge >= 0.3 is 0 Å². The molecular weight excluding hydrogens is 1180 g/mol. The smallest absolute Gasteiger partial charge is 0.253 e.